The fourth-order valence-corrected chi connectivity index (χ4v) is 1.70. The lowest BCUT2D eigenvalue weighted by Gasteiger charge is -2.07. The molecule has 4 nitrogen and oxygen atoms in total. The second-order valence-electron chi connectivity index (χ2n) is 4.53. The van der Waals surface area contributed by atoms with Gasteiger partial charge in [-0.2, -0.15) is 0 Å². The first-order valence-electron chi connectivity index (χ1n) is 6.72. The minimum Gasteiger partial charge on any atom is -0.469 e. The van der Waals surface area contributed by atoms with Crippen LogP contribution in [-0.4, -0.2) is 25.7 Å². The molecule has 0 saturated carbocycles. The highest BCUT2D eigenvalue weighted by Gasteiger charge is 2.11. The number of ether oxygens (including phenoxy) is 2. The van der Waals surface area contributed by atoms with E-state index in [0.717, 1.165) is 24.3 Å². The van der Waals surface area contributed by atoms with E-state index in [9.17, 15) is 4.79 Å². The zero-order valence-electron chi connectivity index (χ0n) is 11.8. The van der Waals surface area contributed by atoms with Crippen LogP contribution in [0.1, 0.15) is 26.7 Å². The first-order chi connectivity index (χ1) is 9.13. The fourth-order valence-electron chi connectivity index (χ4n) is 1.70. The van der Waals surface area contributed by atoms with Crippen LogP contribution < -0.4 is 5.32 Å². The van der Waals surface area contributed by atoms with Crippen molar-refractivity contribution in [3.05, 3.63) is 36.3 Å². The van der Waals surface area contributed by atoms with E-state index in [1.807, 2.05) is 19.1 Å². The maximum absolute atomic E-state index is 11.1. The van der Waals surface area contributed by atoms with Crippen molar-refractivity contribution >= 4 is 5.97 Å². The summed E-state index contributed by atoms with van der Waals surface area (Å²) in [5, 5.41) is 3.24. The van der Waals surface area contributed by atoms with Crippen LogP contribution in [-0.2, 0) is 14.3 Å². The Labute approximate surface area is 115 Å². The van der Waals surface area contributed by atoms with Crippen LogP contribution in [0.15, 0.2) is 36.3 Å². The lowest BCUT2D eigenvalue weighted by molar-refractivity contribution is -0.143. The van der Waals surface area contributed by atoms with Gasteiger partial charge in [0.25, 0.3) is 0 Å². The highest BCUT2D eigenvalue weighted by atomic mass is 16.5. The number of allylic oxidation sites excluding steroid dienone is 1. The Bertz CT molecular complexity index is 372. The largest absolute Gasteiger partial charge is 0.469 e. The summed E-state index contributed by atoms with van der Waals surface area (Å²) in [4.78, 5) is 11.1. The summed E-state index contributed by atoms with van der Waals surface area (Å²) in [5.41, 5.74) is 0.974. The second kappa shape index (κ2) is 8.53. The van der Waals surface area contributed by atoms with Gasteiger partial charge in [0.2, 0.25) is 0 Å². The first kappa shape index (κ1) is 15.5. The van der Waals surface area contributed by atoms with Crippen molar-refractivity contribution in [1.82, 2.24) is 5.32 Å². The Balaban J connectivity index is 2.09. The Morgan fingerprint density at radius 1 is 1.63 bits per heavy atom. The van der Waals surface area contributed by atoms with Crippen molar-refractivity contribution in [2.75, 3.05) is 19.7 Å². The third-order valence-corrected chi connectivity index (χ3v) is 2.76. The molecule has 1 atom stereocenters. The van der Waals surface area contributed by atoms with Crippen LogP contribution in [0, 0.1) is 5.92 Å². The molecule has 0 aliphatic carbocycles. The minimum atomic E-state index is -0.135. The Kier molecular flexibility index (Phi) is 6.97. The number of hydrogen-bond donors (Lipinski definition) is 1. The van der Waals surface area contributed by atoms with Crippen molar-refractivity contribution in [3.8, 4) is 0 Å². The highest BCUT2D eigenvalue weighted by Crippen LogP contribution is 2.21. The molecule has 106 valence electrons. The number of nitrogens with one attached hydrogen (secondary N) is 1. The summed E-state index contributed by atoms with van der Waals surface area (Å²) in [7, 11) is 0. The molecule has 19 heavy (non-hydrogen) atoms. The van der Waals surface area contributed by atoms with E-state index in [4.69, 9.17) is 9.47 Å². The van der Waals surface area contributed by atoms with Crippen LogP contribution in [0.25, 0.3) is 0 Å². The Hall–Kier alpha value is -1.55. The molecule has 4 heteroatoms. The molecule has 0 aromatic heterocycles. The topological polar surface area (TPSA) is 47.6 Å². The van der Waals surface area contributed by atoms with Gasteiger partial charge in [-0.25, -0.2) is 0 Å². The number of esters is 1. The predicted molar refractivity (Wildman–Crippen MR) is 75.3 cm³/mol. The van der Waals surface area contributed by atoms with Crippen LogP contribution in [0.3, 0.4) is 0 Å². The molecule has 0 aromatic rings. The quantitative estimate of drug-likeness (QED) is 0.541. The van der Waals surface area contributed by atoms with Crippen molar-refractivity contribution in [2.45, 2.75) is 26.7 Å². The minimum absolute atomic E-state index is 0.135. The molecular formula is C15H23NO3. The van der Waals surface area contributed by atoms with Gasteiger partial charge in [0.1, 0.15) is 5.76 Å². The maximum atomic E-state index is 11.1. The molecule has 1 unspecified atom stereocenters. The smallest absolute Gasteiger partial charge is 0.305 e. The van der Waals surface area contributed by atoms with Gasteiger partial charge in [0.15, 0.2) is 0 Å². The van der Waals surface area contributed by atoms with Gasteiger partial charge in [0, 0.05) is 18.9 Å². The van der Waals surface area contributed by atoms with Crippen LogP contribution in [0.4, 0.5) is 0 Å². The van der Waals surface area contributed by atoms with E-state index in [2.05, 4.69) is 18.8 Å². The Morgan fingerprint density at radius 2 is 2.42 bits per heavy atom. The molecule has 0 bridgehead atoms. The monoisotopic (exact) mass is 265 g/mol. The van der Waals surface area contributed by atoms with E-state index in [1.54, 1.807) is 6.26 Å². The third-order valence-electron chi connectivity index (χ3n) is 2.76. The van der Waals surface area contributed by atoms with E-state index in [-0.39, 0.29) is 5.97 Å². The summed E-state index contributed by atoms with van der Waals surface area (Å²) in [5.74, 6) is 1.11. The summed E-state index contributed by atoms with van der Waals surface area (Å²) < 4.78 is 10.2. The van der Waals surface area contributed by atoms with Gasteiger partial charge >= 0.3 is 5.97 Å². The molecule has 1 rings (SSSR count). The van der Waals surface area contributed by atoms with Crippen LogP contribution in [0.2, 0.25) is 0 Å². The predicted octanol–water partition coefficient (Wildman–Crippen LogP) is 2.54. The Morgan fingerprint density at radius 3 is 3.05 bits per heavy atom. The van der Waals surface area contributed by atoms with E-state index >= 15 is 0 Å². The lowest BCUT2D eigenvalue weighted by Crippen LogP contribution is -2.19. The number of rotatable bonds is 8. The molecule has 0 amide bonds. The van der Waals surface area contributed by atoms with Gasteiger partial charge < -0.3 is 14.8 Å². The fraction of sp³-hybridized carbons (Fsp3) is 0.533. The van der Waals surface area contributed by atoms with E-state index in [1.165, 1.54) is 0 Å². The molecule has 1 N–H and O–H groups in total. The van der Waals surface area contributed by atoms with Crippen molar-refractivity contribution < 1.29 is 14.3 Å². The van der Waals surface area contributed by atoms with Crippen molar-refractivity contribution in [2.24, 2.45) is 5.92 Å². The second-order valence-corrected chi connectivity index (χ2v) is 4.53. The average Bonchev–Trinajstić information content (AvgIpc) is 2.75. The standard InChI is InChI=1S/C15H23NO3/c1-4-18-15(17)6-5-8-16-11-12(2)10-14-13(3)7-9-19-14/h7,9-10,13,16H,2,4-6,8,11H2,1,3H3. The zero-order valence-corrected chi connectivity index (χ0v) is 11.8. The first-order valence-corrected chi connectivity index (χ1v) is 6.72. The normalized spacial score (nSPS) is 19.5. The van der Waals surface area contributed by atoms with E-state index < -0.39 is 0 Å². The van der Waals surface area contributed by atoms with Gasteiger partial charge in [-0.15, -0.1) is 0 Å². The molecule has 0 aromatic carbocycles. The molecule has 0 fully saturated rings. The average molecular weight is 265 g/mol. The molecule has 0 spiro atoms. The maximum Gasteiger partial charge on any atom is 0.305 e. The van der Waals surface area contributed by atoms with Crippen LogP contribution in [0.5, 0.6) is 0 Å². The van der Waals surface area contributed by atoms with Gasteiger partial charge in [-0.05, 0) is 37.6 Å². The van der Waals surface area contributed by atoms with Gasteiger partial charge in [-0.1, -0.05) is 13.5 Å². The van der Waals surface area contributed by atoms with Gasteiger partial charge in [-0.3, -0.25) is 4.79 Å². The zero-order chi connectivity index (χ0) is 14.1. The molecule has 1 aliphatic heterocycles. The number of carbonyl (C=O) groups is 1. The molecule has 0 radical (unpaired) electrons. The third kappa shape index (κ3) is 6.25. The SMILES string of the molecule is C=C(C=C1OC=CC1C)CNCCCC(=O)OCC. The molecule has 0 saturated heterocycles. The summed E-state index contributed by atoms with van der Waals surface area (Å²) in [6.45, 7) is 9.79. The molecular weight excluding hydrogens is 242 g/mol. The van der Waals surface area contributed by atoms with Gasteiger partial charge in [0.05, 0.1) is 12.9 Å². The van der Waals surface area contributed by atoms with Crippen molar-refractivity contribution in [1.29, 1.82) is 0 Å². The summed E-state index contributed by atoms with van der Waals surface area (Å²) in [6, 6.07) is 0. The van der Waals surface area contributed by atoms with Crippen molar-refractivity contribution in [3.63, 3.8) is 0 Å². The highest BCUT2D eigenvalue weighted by molar-refractivity contribution is 5.69. The van der Waals surface area contributed by atoms with Crippen LogP contribution >= 0.6 is 0 Å². The number of carbonyl (C=O) groups excluding carboxylic acids is 1. The lowest BCUT2D eigenvalue weighted by atomic mass is 10.1. The summed E-state index contributed by atoms with van der Waals surface area (Å²) >= 11 is 0. The summed E-state index contributed by atoms with van der Waals surface area (Å²) in [6.07, 6.45) is 6.90. The van der Waals surface area contributed by atoms with E-state index in [0.29, 0.717) is 25.5 Å². The molecule has 1 heterocycles. The number of hydrogen-bond acceptors (Lipinski definition) is 4. The molecule has 1 aliphatic rings.